The van der Waals surface area contributed by atoms with E-state index in [0.717, 1.165) is 49.8 Å². The first-order chi connectivity index (χ1) is 11.7. The van der Waals surface area contributed by atoms with E-state index < -0.39 is 0 Å². The lowest BCUT2D eigenvalue weighted by molar-refractivity contribution is 0.153. The summed E-state index contributed by atoms with van der Waals surface area (Å²) in [6, 6.07) is 7.94. The molecule has 5 heteroatoms. The molecule has 0 aliphatic heterocycles. The molecule has 5 nitrogen and oxygen atoms in total. The number of hydrogen-bond acceptors (Lipinski definition) is 3. The monoisotopic (exact) mass is 332 g/mol. The summed E-state index contributed by atoms with van der Waals surface area (Å²) in [5, 5.41) is 15.7. The summed E-state index contributed by atoms with van der Waals surface area (Å²) in [7, 11) is 1.65. The zero-order valence-corrected chi connectivity index (χ0v) is 14.3. The van der Waals surface area contributed by atoms with Gasteiger partial charge < -0.3 is 20.5 Å². The summed E-state index contributed by atoms with van der Waals surface area (Å²) >= 11 is 0. The molecule has 2 aliphatic rings. The molecule has 132 valence electrons. The van der Waals surface area contributed by atoms with Gasteiger partial charge in [0.2, 0.25) is 0 Å². The van der Waals surface area contributed by atoms with Gasteiger partial charge in [0.15, 0.2) is 0 Å². The van der Waals surface area contributed by atoms with Crippen LogP contribution in [0.25, 0.3) is 0 Å². The van der Waals surface area contributed by atoms with E-state index in [9.17, 15) is 9.90 Å². The molecule has 0 aromatic heterocycles. The molecule has 3 rings (SSSR count). The minimum absolute atomic E-state index is 0.0482. The lowest BCUT2D eigenvalue weighted by atomic mass is 9.85. The van der Waals surface area contributed by atoms with Crippen LogP contribution in [0, 0.1) is 11.8 Å². The van der Waals surface area contributed by atoms with Crippen molar-refractivity contribution in [3.63, 3.8) is 0 Å². The van der Waals surface area contributed by atoms with Crippen molar-refractivity contribution >= 4 is 6.03 Å². The van der Waals surface area contributed by atoms with E-state index in [2.05, 4.69) is 10.6 Å². The van der Waals surface area contributed by atoms with Crippen LogP contribution in [-0.2, 0) is 0 Å². The Morgan fingerprint density at radius 3 is 2.54 bits per heavy atom. The highest BCUT2D eigenvalue weighted by atomic mass is 16.5. The van der Waals surface area contributed by atoms with E-state index in [1.165, 1.54) is 0 Å². The molecule has 0 saturated heterocycles. The zero-order chi connectivity index (χ0) is 16.9. The molecule has 2 aliphatic carbocycles. The van der Waals surface area contributed by atoms with Gasteiger partial charge in [-0.05, 0) is 49.3 Å². The molecule has 0 bridgehead atoms. The second-order valence-electron chi connectivity index (χ2n) is 7.04. The molecule has 2 amide bonds. The first-order valence-corrected chi connectivity index (χ1v) is 9.03. The van der Waals surface area contributed by atoms with Crippen molar-refractivity contribution in [1.82, 2.24) is 10.6 Å². The highest BCUT2D eigenvalue weighted by Crippen LogP contribution is 2.41. The van der Waals surface area contributed by atoms with Crippen LogP contribution in [0.2, 0.25) is 0 Å². The van der Waals surface area contributed by atoms with Gasteiger partial charge in [-0.3, -0.25) is 0 Å². The zero-order valence-electron chi connectivity index (χ0n) is 14.3. The second-order valence-corrected chi connectivity index (χ2v) is 7.04. The van der Waals surface area contributed by atoms with Gasteiger partial charge in [-0.15, -0.1) is 0 Å². The summed E-state index contributed by atoms with van der Waals surface area (Å²) in [4.78, 5) is 12.5. The summed E-state index contributed by atoms with van der Waals surface area (Å²) in [5.74, 6) is 1.53. The number of urea groups is 1. The van der Waals surface area contributed by atoms with Gasteiger partial charge in [-0.1, -0.05) is 25.0 Å². The normalized spacial score (nSPS) is 24.9. The maximum Gasteiger partial charge on any atom is 0.315 e. The number of ether oxygens (including phenoxy) is 1. The molecular formula is C19H28N2O3. The number of nitrogens with one attached hydrogen (secondary N) is 2. The smallest absolute Gasteiger partial charge is 0.315 e. The lowest BCUT2D eigenvalue weighted by Gasteiger charge is -2.31. The number of hydrogen-bond donors (Lipinski definition) is 3. The highest BCUT2D eigenvalue weighted by molar-refractivity contribution is 5.75. The third kappa shape index (κ3) is 4.20. The molecule has 3 unspecified atom stereocenters. The SMILES string of the molecule is COc1ccc(C(NC(=O)NC2CCCCC2CO)C2CC2)cc1. The molecule has 0 radical (unpaired) electrons. The van der Waals surface area contributed by atoms with Crippen molar-refractivity contribution in [2.45, 2.75) is 50.6 Å². The molecule has 1 aromatic rings. The van der Waals surface area contributed by atoms with Crippen LogP contribution in [0.3, 0.4) is 0 Å². The first kappa shape index (κ1) is 17.1. The topological polar surface area (TPSA) is 70.6 Å². The molecule has 1 aromatic carbocycles. The minimum atomic E-state index is -0.118. The summed E-state index contributed by atoms with van der Waals surface area (Å²) in [5.41, 5.74) is 1.12. The second kappa shape index (κ2) is 7.88. The quantitative estimate of drug-likeness (QED) is 0.750. The van der Waals surface area contributed by atoms with E-state index in [-0.39, 0.29) is 30.6 Å². The van der Waals surface area contributed by atoms with Crippen LogP contribution in [0.1, 0.15) is 50.1 Å². The number of aliphatic hydroxyl groups is 1. The average molecular weight is 332 g/mol. The van der Waals surface area contributed by atoms with Gasteiger partial charge >= 0.3 is 6.03 Å². The average Bonchev–Trinajstić information content (AvgIpc) is 3.45. The fourth-order valence-corrected chi connectivity index (χ4v) is 3.68. The molecule has 2 saturated carbocycles. The number of benzene rings is 1. The number of amides is 2. The van der Waals surface area contributed by atoms with Crippen molar-refractivity contribution in [3.05, 3.63) is 29.8 Å². The van der Waals surface area contributed by atoms with E-state index in [1.807, 2.05) is 24.3 Å². The highest BCUT2D eigenvalue weighted by Gasteiger charge is 2.34. The maximum atomic E-state index is 12.5. The summed E-state index contributed by atoms with van der Waals surface area (Å²) < 4.78 is 5.21. The van der Waals surface area contributed by atoms with Crippen molar-refractivity contribution in [3.8, 4) is 5.75 Å². The minimum Gasteiger partial charge on any atom is -0.497 e. The fourth-order valence-electron chi connectivity index (χ4n) is 3.68. The van der Waals surface area contributed by atoms with E-state index in [0.29, 0.717) is 5.92 Å². The van der Waals surface area contributed by atoms with Gasteiger partial charge in [0, 0.05) is 18.6 Å². The van der Waals surface area contributed by atoms with Crippen LogP contribution in [-0.4, -0.2) is 30.9 Å². The van der Waals surface area contributed by atoms with Crippen LogP contribution in [0.5, 0.6) is 5.75 Å². The Kier molecular flexibility index (Phi) is 5.61. The predicted octanol–water partition coefficient (Wildman–Crippen LogP) is 3.00. The largest absolute Gasteiger partial charge is 0.497 e. The summed E-state index contributed by atoms with van der Waals surface area (Å²) in [6.45, 7) is 0.148. The van der Waals surface area contributed by atoms with Gasteiger partial charge in [-0.2, -0.15) is 0 Å². The number of methoxy groups -OCH3 is 1. The number of aliphatic hydroxyl groups excluding tert-OH is 1. The third-order valence-electron chi connectivity index (χ3n) is 5.32. The molecule has 3 atom stereocenters. The Hall–Kier alpha value is -1.75. The Balaban J connectivity index is 1.61. The number of carbonyl (C=O) groups is 1. The molecule has 24 heavy (non-hydrogen) atoms. The molecular weight excluding hydrogens is 304 g/mol. The van der Waals surface area contributed by atoms with E-state index in [4.69, 9.17) is 4.74 Å². The van der Waals surface area contributed by atoms with Gasteiger partial charge in [0.1, 0.15) is 5.75 Å². The van der Waals surface area contributed by atoms with Gasteiger partial charge in [0.05, 0.1) is 13.2 Å². The standard InChI is InChI=1S/C19H28N2O3/c1-24-16-10-8-14(9-11-16)18(13-6-7-13)21-19(23)20-17-5-3-2-4-15(17)12-22/h8-11,13,15,17-18,22H,2-7,12H2,1H3,(H2,20,21,23). The number of carbonyl (C=O) groups excluding carboxylic acids is 1. The van der Waals surface area contributed by atoms with Crippen LogP contribution in [0.15, 0.2) is 24.3 Å². The Bertz CT molecular complexity index is 542. The van der Waals surface area contributed by atoms with Crippen molar-refractivity contribution in [1.29, 1.82) is 0 Å². The van der Waals surface area contributed by atoms with Gasteiger partial charge in [-0.25, -0.2) is 4.79 Å². The predicted molar refractivity (Wildman–Crippen MR) is 93.0 cm³/mol. The number of rotatable bonds is 6. The first-order valence-electron chi connectivity index (χ1n) is 9.03. The third-order valence-corrected chi connectivity index (χ3v) is 5.32. The van der Waals surface area contributed by atoms with Crippen LogP contribution >= 0.6 is 0 Å². The van der Waals surface area contributed by atoms with E-state index >= 15 is 0 Å². The van der Waals surface area contributed by atoms with Crippen molar-refractivity contribution in [2.24, 2.45) is 11.8 Å². The molecule has 3 N–H and O–H groups in total. The molecule has 0 heterocycles. The fraction of sp³-hybridized carbons (Fsp3) is 0.632. The van der Waals surface area contributed by atoms with Crippen LogP contribution < -0.4 is 15.4 Å². The Morgan fingerprint density at radius 2 is 1.92 bits per heavy atom. The van der Waals surface area contributed by atoms with Gasteiger partial charge in [0.25, 0.3) is 0 Å². The van der Waals surface area contributed by atoms with Crippen molar-refractivity contribution < 1.29 is 14.6 Å². The van der Waals surface area contributed by atoms with Crippen LogP contribution in [0.4, 0.5) is 4.79 Å². The molecule has 0 spiro atoms. The Morgan fingerprint density at radius 1 is 1.21 bits per heavy atom. The van der Waals surface area contributed by atoms with Crippen molar-refractivity contribution in [2.75, 3.05) is 13.7 Å². The summed E-state index contributed by atoms with van der Waals surface area (Å²) in [6.07, 6.45) is 6.51. The lowest BCUT2D eigenvalue weighted by Crippen LogP contribution is -2.48. The maximum absolute atomic E-state index is 12.5. The molecule has 2 fully saturated rings. The van der Waals surface area contributed by atoms with E-state index in [1.54, 1.807) is 7.11 Å². The Labute approximate surface area is 143 Å².